The second-order valence-corrected chi connectivity index (χ2v) is 7.14. The summed E-state index contributed by atoms with van der Waals surface area (Å²) in [6.07, 6.45) is 6.35. The molecule has 0 aliphatic carbocycles. The Morgan fingerprint density at radius 1 is 1.22 bits per heavy atom. The van der Waals surface area contributed by atoms with Crippen LogP contribution in [0.15, 0.2) is 60.5 Å². The molecular formula is C20H22N4O2S. The third-order valence-electron chi connectivity index (χ3n) is 4.18. The predicted octanol–water partition coefficient (Wildman–Crippen LogP) is 3.32. The Balaban J connectivity index is 1.40. The van der Waals surface area contributed by atoms with Crippen molar-refractivity contribution in [2.24, 2.45) is 0 Å². The first-order valence-corrected chi connectivity index (χ1v) is 9.71. The first-order chi connectivity index (χ1) is 13.1. The molecule has 140 valence electrons. The molecule has 1 unspecified atom stereocenters. The number of carbonyl (C=O) groups excluding carboxylic acids is 2. The number of amides is 2. The maximum Gasteiger partial charge on any atom is 0.261 e. The molecule has 0 spiro atoms. The Kier molecular flexibility index (Phi) is 6.38. The molecule has 0 radical (unpaired) electrons. The van der Waals surface area contributed by atoms with Gasteiger partial charge in [-0.3, -0.25) is 9.59 Å². The van der Waals surface area contributed by atoms with Crippen LogP contribution >= 0.6 is 11.3 Å². The molecule has 2 aromatic heterocycles. The lowest BCUT2D eigenvalue weighted by atomic mass is 10.1. The number of benzene rings is 1. The number of rotatable bonds is 8. The summed E-state index contributed by atoms with van der Waals surface area (Å²) in [6.45, 7) is 2.45. The van der Waals surface area contributed by atoms with Gasteiger partial charge in [-0.2, -0.15) is 0 Å². The van der Waals surface area contributed by atoms with Crippen molar-refractivity contribution in [1.29, 1.82) is 0 Å². The number of carbonyl (C=O) groups is 2. The normalized spacial score (nSPS) is 11.7. The lowest BCUT2D eigenvalue weighted by molar-refractivity contribution is -0.121. The van der Waals surface area contributed by atoms with Crippen LogP contribution in [0.4, 0.5) is 0 Å². The molecule has 1 aromatic carbocycles. The number of hydrogen-bond donors (Lipinski definition) is 2. The predicted molar refractivity (Wildman–Crippen MR) is 106 cm³/mol. The van der Waals surface area contributed by atoms with E-state index in [9.17, 15) is 9.59 Å². The lowest BCUT2D eigenvalue weighted by Crippen LogP contribution is -2.28. The van der Waals surface area contributed by atoms with Crippen molar-refractivity contribution >= 4 is 23.2 Å². The van der Waals surface area contributed by atoms with Crippen LogP contribution in [0.1, 0.15) is 41.0 Å². The Bertz CT molecular complexity index is 858. The van der Waals surface area contributed by atoms with Gasteiger partial charge in [-0.1, -0.05) is 18.2 Å². The topological polar surface area (TPSA) is 76.0 Å². The average molecular weight is 382 g/mol. The first-order valence-electron chi connectivity index (χ1n) is 8.83. The summed E-state index contributed by atoms with van der Waals surface area (Å²) in [6, 6.07) is 11.6. The van der Waals surface area contributed by atoms with Crippen LogP contribution in [0.2, 0.25) is 0 Å². The van der Waals surface area contributed by atoms with Crippen LogP contribution in [0.5, 0.6) is 0 Å². The number of imidazole rings is 1. The van der Waals surface area contributed by atoms with Crippen LogP contribution in [0, 0.1) is 0 Å². The third kappa shape index (κ3) is 5.27. The largest absolute Gasteiger partial charge is 0.351 e. The molecular weight excluding hydrogens is 360 g/mol. The summed E-state index contributed by atoms with van der Waals surface area (Å²) in [5.41, 5.74) is 2.06. The van der Waals surface area contributed by atoms with Crippen molar-refractivity contribution in [3.8, 4) is 5.69 Å². The summed E-state index contributed by atoms with van der Waals surface area (Å²) in [5, 5.41) is 7.69. The fraction of sp³-hybridized carbons (Fsp3) is 0.250. The van der Waals surface area contributed by atoms with E-state index in [4.69, 9.17) is 0 Å². The summed E-state index contributed by atoms with van der Waals surface area (Å²) >= 11 is 1.41. The van der Waals surface area contributed by atoms with Crippen LogP contribution in [0.3, 0.4) is 0 Å². The summed E-state index contributed by atoms with van der Waals surface area (Å²) in [5.74, 6) is -0.108. The summed E-state index contributed by atoms with van der Waals surface area (Å²) in [7, 11) is 0. The zero-order valence-corrected chi connectivity index (χ0v) is 15.9. The standard InChI is InChI=1S/C20H22N4O2S/c1-15(16-6-8-17(9-7-16)24-12-11-21-14-24)23-19(25)5-2-10-22-20(26)18-4-3-13-27-18/h3-4,6-9,11-15H,2,5,10H2,1H3,(H,22,26)(H,23,25). The maximum absolute atomic E-state index is 12.1. The minimum atomic E-state index is -0.0863. The molecule has 0 aliphatic heterocycles. The van der Waals surface area contributed by atoms with Crippen molar-refractivity contribution < 1.29 is 9.59 Å². The van der Waals surface area contributed by atoms with Gasteiger partial charge in [0.05, 0.1) is 17.2 Å². The number of hydrogen-bond acceptors (Lipinski definition) is 4. The molecule has 27 heavy (non-hydrogen) atoms. The van der Waals surface area contributed by atoms with E-state index in [1.54, 1.807) is 18.6 Å². The Morgan fingerprint density at radius 2 is 2.04 bits per heavy atom. The second kappa shape index (κ2) is 9.14. The first kappa shape index (κ1) is 18.8. The third-order valence-corrected chi connectivity index (χ3v) is 5.05. The van der Waals surface area contributed by atoms with E-state index in [2.05, 4.69) is 15.6 Å². The quantitative estimate of drug-likeness (QED) is 0.587. The Morgan fingerprint density at radius 3 is 2.70 bits per heavy atom. The molecule has 0 aliphatic rings. The molecule has 0 saturated carbocycles. The highest BCUT2D eigenvalue weighted by Crippen LogP contribution is 2.16. The number of aromatic nitrogens is 2. The van der Waals surface area contributed by atoms with Crippen molar-refractivity contribution in [2.45, 2.75) is 25.8 Å². The smallest absolute Gasteiger partial charge is 0.261 e. The van der Waals surface area contributed by atoms with Crippen molar-refractivity contribution in [3.05, 3.63) is 70.9 Å². The average Bonchev–Trinajstić information content (AvgIpc) is 3.39. The highest BCUT2D eigenvalue weighted by Gasteiger charge is 2.10. The maximum atomic E-state index is 12.1. The van der Waals surface area contributed by atoms with E-state index in [0.29, 0.717) is 24.3 Å². The van der Waals surface area contributed by atoms with Gasteiger partial charge in [0.25, 0.3) is 5.91 Å². The molecule has 6 nitrogen and oxygen atoms in total. The molecule has 2 N–H and O–H groups in total. The van der Waals surface area contributed by atoms with E-state index >= 15 is 0 Å². The minimum absolute atomic E-state index is 0.0217. The summed E-state index contributed by atoms with van der Waals surface area (Å²) < 4.78 is 1.93. The summed E-state index contributed by atoms with van der Waals surface area (Å²) in [4.78, 5) is 28.7. The SMILES string of the molecule is CC(NC(=O)CCCNC(=O)c1cccs1)c1ccc(-n2ccnc2)cc1. The molecule has 1 atom stereocenters. The van der Waals surface area contributed by atoms with Crippen LogP contribution < -0.4 is 10.6 Å². The number of nitrogens with zero attached hydrogens (tertiary/aromatic N) is 2. The van der Waals surface area contributed by atoms with Gasteiger partial charge < -0.3 is 15.2 Å². The van der Waals surface area contributed by atoms with Gasteiger partial charge in [0, 0.05) is 31.0 Å². The van der Waals surface area contributed by atoms with Crippen LogP contribution in [-0.4, -0.2) is 27.9 Å². The minimum Gasteiger partial charge on any atom is -0.351 e. The molecule has 3 rings (SSSR count). The van der Waals surface area contributed by atoms with Gasteiger partial charge in [-0.25, -0.2) is 4.98 Å². The highest BCUT2D eigenvalue weighted by molar-refractivity contribution is 7.12. The van der Waals surface area contributed by atoms with Gasteiger partial charge in [0.1, 0.15) is 0 Å². The van der Waals surface area contributed by atoms with Crippen molar-refractivity contribution in [1.82, 2.24) is 20.2 Å². The van der Waals surface area contributed by atoms with Crippen molar-refractivity contribution in [3.63, 3.8) is 0 Å². The van der Waals surface area contributed by atoms with E-state index in [1.807, 2.05) is 53.4 Å². The van der Waals surface area contributed by atoms with E-state index in [1.165, 1.54) is 11.3 Å². The van der Waals surface area contributed by atoms with Gasteiger partial charge >= 0.3 is 0 Å². The zero-order chi connectivity index (χ0) is 19.1. The molecule has 2 heterocycles. The van der Waals surface area contributed by atoms with Crippen LogP contribution in [0.25, 0.3) is 5.69 Å². The monoisotopic (exact) mass is 382 g/mol. The molecule has 2 amide bonds. The molecule has 7 heteroatoms. The fourth-order valence-electron chi connectivity index (χ4n) is 2.69. The zero-order valence-electron chi connectivity index (χ0n) is 15.1. The van der Waals surface area contributed by atoms with E-state index < -0.39 is 0 Å². The van der Waals surface area contributed by atoms with Crippen LogP contribution in [-0.2, 0) is 4.79 Å². The molecule has 3 aromatic rings. The number of nitrogens with one attached hydrogen (secondary N) is 2. The Labute approximate surface area is 162 Å². The Hall–Kier alpha value is -2.93. The van der Waals surface area contributed by atoms with Gasteiger partial charge in [0.2, 0.25) is 5.91 Å². The van der Waals surface area contributed by atoms with Crippen molar-refractivity contribution in [2.75, 3.05) is 6.54 Å². The number of thiophene rings is 1. The molecule has 0 bridgehead atoms. The lowest BCUT2D eigenvalue weighted by Gasteiger charge is -2.15. The second-order valence-electron chi connectivity index (χ2n) is 6.19. The van der Waals surface area contributed by atoms with E-state index in [-0.39, 0.29) is 17.9 Å². The van der Waals surface area contributed by atoms with Gasteiger partial charge in [-0.15, -0.1) is 11.3 Å². The highest BCUT2D eigenvalue weighted by atomic mass is 32.1. The van der Waals surface area contributed by atoms with E-state index in [0.717, 1.165) is 11.3 Å². The molecule has 0 saturated heterocycles. The van der Waals surface area contributed by atoms with Gasteiger partial charge in [0.15, 0.2) is 0 Å². The van der Waals surface area contributed by atoms with Gasteiger partial charge in [-0.05, 0) is 42.5 Å². The fourth-order valence-corrected chi connectivity index (χ4v) is 3.33. The molecule has 0 fully saturated rings.